The lowest BCUT2D eigenvalue weighted by molar-refractivity contribution is 0.298. The van der Waals surface area contributed by atoms with Crippen molar-refractivity contribution < 1.29 is 5.11 Å². The Balaban J connectivity index is 2.76. The van der Waals surface area contributed by atoms with Gasteiger partial charge in [0.15, 0.2) is 5.65 Å². The molecule has 0 amide bonds. The second-order valence-electron chi connectivity index (χ2n) is 3.11. The summed E-state index contributed by atoms with van der Waals surface area (Å²) < 4.78 is 1.37. The molecular weight excluding hydrogens is 182 g/mol. The highest BCUT2D eigenvalue weighted by atomic mass is 16.3. The Morgan fingerprint density at radius 3 is 3.14 bits per heavy atom. The van der Waals surface area contributed by atoms with Gasteiger partial charge in [0.25, 0.3) is 5.56 Å². The first kappa shape index (κ1) is 8.96. The second kappa shape index (κ2) is 3.26. The zero-order chi connectivity index (χ0) is 10.1. The monoisotopic (exact) mass is 193 g/mol. The van der Waals surface area contributed by atoms with Crippen LogP contribution in [0.15, 0.2) is 17.1 Å². The van der Waals surface area contributed by atoms with E-state index in [1.807, 2.05) is 0 Å². The van der Waals surface area contributed by atoms with Gasteiger partial charge in [-0.3, -0.25) is 9.89 Å². The largest absolute Gasteiger partial charge is 0.396 e. The lowest BCUT2D eigenvalue weighted by Crippen LogP contribution is -2.22. The summed E-state index contributed by atoms with van der Waals surface area (Å²) in [4.78, 5) is 16.0. The molecule has 0 unspecified atom stereocenters. The fraction of sp³-hybridized carbons (Fsp3) is 0.333. The minimum Gasteiger partial charge on any atom is -0.396 e. The number of aromatic amines is 1. The number of H-pyrrole nitrogens is 1. The first-order valence-electron chi connectivity index (χ1n) is 4.40. The van der Waals surface area contributed by atoms with Gasteiger partial charge in [-0.1, -0.05) is 0 Å². The molecule has 0 fully saturated rings. The van der Waals surface area contributed by atoms with Crippen LogP contribution in [0.4, 0.5) is 0 Å². The Morgan fingerprint density at radius 1 is 1.64 bits per heavy atom. The van der Waals surface area contributed by atoms with Crippen molar-refractivity contribution in [2.75, 3.05) is 6.61 Å². The topological polar surface area (TPSA) is 70.4 Å². The fourth-order valence-corrected chi connectivity index (χ4v) is 1.51. The molecule has 2 N–H and O–H groups in total. The quantitative estimate of drug-likeness (QED) is 0.697. The Hall–Kier alpha value is -1.62. The maximum Gasteiger partial charge on any atom is 0.276 e. The molecule has 0 spiro atoms. The Morgan fingerprint density at radius 2 is 2.43 bits per heavy atom. The first-order chi connectivity index (χ1) is 6.74. The predicted octanol–water partition coefficient (Wildman–Crippen LogP) is -0.134. The van der Waals surface area contributed by atoms with E-state index in [1.54, 1.807) is 19.2 Å². The first-order valence-corrected chi connectivity index (χ1v) is 4.40. The molecule has 74 valence electrons. The Bertz CT molecular complexity index is 512. The van der Waals surface area contributed by atoms with E-state index in [9.17, 15) is 4.79 Å². The van der Waals surface area contributed by atoms with Crippen LogP contribution in [0.5, 0.6) is 0 Å². The van der Waals surface area contributed by atoms with E-state index >= 15 is 0 Å². The van der Waals surface area contributed by atoms with E-state index in [2.05, 4.69) is 10.1 Å². The van der Waals surface area contributed by atoms with Crippen molar-refractivity contribution in [2.45, 2.75) is 13.3 Å². The van der Waals surface area contributed by atoms with Gasteiger partial charge in [-0.05, 0) is 6.92 Å². The number of aliphatic hydroxyl groups excluding tert-OH is 1. The SMILES string of the molecule is Cc1nc2cc[nH]n2c(=O)c1CCO. The van der Waals surface area contributed by atoms with Gasteiger partial charge in [-0.15, -0.1) is 0 Å². The molecule has 2 aromatic rings. The molecule has 2 aromatic heterocycles. The number of hydrogen-bond acceptors (Lipinski definition) is 3. The van der Waals surface area contributed by atoms with Gasteiger partial charge in [0.1, 0.15) is 0 Å². The van der Waals surface area contributed by atoms with Gasteiger partial charge in [0, 0.05) is 36.5 Å². The summed E-state index contributed by atoms with van der Waals surface area (Å²) in [6.45, 7) is 1.74. The van der Waals surface area contributed by atoms with Crippen molar-refractivity contribution >= 4 is 5.65 Å². The molecule has 0 saturated carbocycles. The van der Waals surface area contributed by atoms with E-state index in [0.717, 1.165) is 0 Å². The molecule has 0 saturated heterocycles. The highest BCUT2D eigenvalue weighted by molar-refractivity contribution is 5.38. The molecule has 5 nitrogen and oxygen atoms in total. The van der Waals surface area contributed by atoms with Crippen LogP contribution < -0.4 is 5.56 Å². The van der Waals surface area contributed by atoms with Gasteiger partial charge >= 0.3 is 0 Å². The smallest absolute Gasteiger partial charge is 0.276 e. The molecule has 2 rings (SSSR count). The van der Waals surface area contributed by atoms with Gasteiger partial charge in [-0.2, -0.15) is 0 Å². The number of aliphatic hydroxyl groups is 1. The van der Waals surface area contributed by atoms with Crippen molar-refractivity contribution in [1.82, 2.24) is 14.6 Å². The van der Waals surface area contributed by atoms with Crippen LogP contribution in [-0.4, -0.2) is 26.3 Å². The number of nitrogens with one attached hydrogen (secondary N) is 1. The standard InChI is InChI=1S/C9H11N3O2/c1-6-7(3-5-13)9(14)12-8(11-6)2-4-10-12/h2,4,10,13H,3,5H2,1H3. The maximum atomic E-state index is 11.8. The molecule has 0 atom stereocenters. The van der Waals surface area contributed by atoms with E-state index in [0.29, 0.717) is 23.3 Å². The summed E-state index contributed by atoms with van der Waals surface area (Å²) in [6.07, 6.45) is 2.01. The summed E-state index contributed by atoms with van der Waals surface area (Å²) in [6, 6.07) is 1.73. The van der Waals surface area contributed by atoms with Crippen LogP contribution in [0.25, 0.3) is 5.65 Å². The lowest BCUT2D eigenvalue weighted by atomic mass is 10.2. The van der Waals surface area contributed by atoms with Crippen LogP contribution in [0.1, 0.15) is 11.3 Å². The minimum absolute atomic E-state index is 0.0372. The lowest BCUT2D eigenvalue weighted by Gasteiger charge is -2.02. The number of aromatic nitrogens is 3. The fourth-order valence-electron chi connectivity index (χ4n) is 1.51. The number of hydrogen-bond donors (Lipinski definition) is 2. The van der Waals surface area contributed by atoms with Crippen molar-refractivity contribution in [1.29, 1.82) is 0 Å². The summed E-state index contributed by atoms with van der Waals surface area (Å²) in [7, 11) is 0. The highest BCUT2D eigenvalue weighted by Crippen LogP contribution is 2.02. The minimum atomic E-state index is -0.133. The third kappa shape index (κ3) is 1.22. The summed E-state index contributed by atoms with van der Waals surface area (Å²) in [5.74, 6) is 0. The zero-order valence-electron chi connectivity index (χ0n) is 7.82. The summed E-state index contributed by atoms with van der Waals surface area (Å²) in [5, 5.41) is 11.6. The van der Waals surface area contributed by atoms with Crippen molar-refractivity contribution in [3.8, 4) is 0 Å². The molecule has 5 heteroatoms. The molecule has 0 aliphatic rings. The summed E-state index contributed by atoms with van der Waals surface area (Å²) in [5.41, 5.74) is 1.72. The van der Waals surface area contributed by atoms with E-state index in [-0.39, 0.29) is 12.2 Å². The molecule has 2 heterocycles. The molecule has 0 aliphatic heterocycles. The Kier molecular flexibility index (Phi) is 2.09. The van der Waals surface area contributed by atoms with Gasteiger partial charge in [0.2, 0.25) is 0 Å². The van der Waals surface area contributed by atoms with Crippen molar-refractivity contribution in [3.63, 3.8) is 0 Å². The van der Waals surface area contributed by atoms with Crippen molar-refractivity contribution in [3.05, 3.63) is 33.9 Å². The average molecular weight is 193 g/mol. The third-order valence-corrected chi connectivity index (χ3v) is 2.21. The summed E-state index contributed by atoms with van der Waals surface area (Å²) >= 11 is 0. The van der Waals surface area contributed by atoms with Crippen LogP contribution in [0, 0.1) is 6.92 Å². The number of rotatable bonds is 2. The van der Waals surface area contributed by atoms with Crippen LogP contribution >= 0.6 is 0 Å². The van der Waals surface area contributed by atoms with E-state index in [4.69, 9.17) is 5.11 Å². The van der Waals surface area contributed by atoms with Gasteiger partial charge in [0.05, 0.1) is 0 Å². The predicted molar refractivity (Wildman–Crippen MR) is 51.3 cm³/mol. The van der Waals surface area contributed by atoms with Crippen LogP contribution in [-0.2, 0) is 6.42 Å². The Labute approximate surface area is 80.0 Å². The molecule has 0 aliphatic carbocycles. The second-order valence-corrected chi connectivity index (χ2v) is 3.11. The number of fused-ring (bicyclic) bond motifs is 1. The zero-order valence-corrected chi connectivity index (χ0v) is 7.82. The van der Waals surface area contributed by atoms with Crippen LogP contribution in [0.2, 0.25) is 0 Å². The molecule has 0 aromatic carbocycles. The van der Waals surface area contributed by atoms with Gasteiger partial charge < -0.3 is 5.11 Å². The van der Waals surface area contributed by atoms with Crippen molar-refractivity contribution in [2.24, 2.45) is 0 Å². The highest BCUT2D eigenvalue weighted by Gasteiger charge is 2.08. The molecule has 0 bridgehead atoms. The molecule has 14 heavy (non-hydrogen) atoms. The normalized spacial score (nSPS) is 11.0. The number of nitrogens with zero attached hydrogens (tertiary/aromatic N) is 2. The van der Waals surface area contributed by atoms with Crippen LogP contribution in [0.3, 0.4) is 0 Å². The molecular formula is C9H11N3O2. The molecule has 0 radical (unpaired) electrons. The van der Waals surface area contributed by atoms with E-state index in [1.165, 1.54) is 4.52 Å². The maximum absolute atomic E-state index is 11.8. The average Bonchev–Trinajstić information content (AvgIpc) is 2.60. The van der Waals surface area contributed by atoms with E-state index < -0.39 is 0 Å². The third-order valence-electron chi connectivity index (χ3n) is 2.21. The number of aryl methyl sites for hydroxylation is 1. The van der Waals surface area contributed by atoms with Gasteiger partial charge in [-0.25, -0.2) is 9.50 Å².